The molecule has 1 aromatic rings. The van der Waals surface area contributed by atoms with Crippen LogP contribution in [0.25, 0.3) is 5.57 Å². The summed E-state index contributed by atoms with van der Waals surface area (Å²) in [5, 5.41) is 0. The molecular formula is C12H11I. The fraction of sp³-hybridized carbons (Fsp3) is 0.167. The van der Waals surface area contributed by atoms with E-state index in [0.717, 1.165) is 0 Å². The number of hydrogen-bond donors (Lipinski definition) is 0. The molecule has 0 radical (unpaired) electrons. The first kappa shape index (κ1) is 9.00. The maximum Gasteiger partial charge on any atom is 0.0130 e. The van der Waals surface area contributed by atoms with E-state index in [4.69, 9.17) is 0 Å². The molecule has 0 unspecified atom stereocenters. The summed E-state index contributed by atoms with van der Waals surface area (Å²) >= 11 is 2.33. The molecule has 0 aliphatic heterocycles. The van der Waals surface area contributed by atoms with Gasteiger partial charge < -0.3 is 0 Å². The van der Waals surface area contributed by atoms with Gasteiger partial charge in [-0.2, -0.15) is 0 Å². The highest BCUT2D eigenvalue weighted by atomic mass is 127. The summed E-state index contributed by atoms with van der Waals surface area (Å²) in [6.07, 6.45) is 8.94. The first-order valence-electron chi connectivity index (χ1n) is 4.48. The standard InChI is InChI=1S/C12H11I/c13-12-8-6-11(7-9-12)10-4-2-1-3-5-10/h1-2,4,6-9H,3,5H2. The zero-order valence-corrected chi connectivity index (χ0v) is 9.49. The van der Waals surface area contributed by atoms with Gasteiger partial charge in [0.1, 0.15) is 0 Å². The molecule has 0 spiro atoms. The van der Waals surface area contributed by atoms with Crippen molar-refractivity contribution in [2.75, 3.05) is 0 Å². The van der Waals surface area contributed by atoms with Gasteiger partial charge in [0.05, 0.1) is 0 Å². The van der Waals surface area contributed by atoms with Crippen LogP contribution in [0.4, 0.5) is 0 Å². The van der Waals surface area contributed by atoms with E-state index in [1.807, 2.05) is 0 Å². The van der Waals surface area contributed by atoms with Gasteiger partial charge in [0.2, 0.25) is 0 Å². The fourth-order valence-electron chi connectivity index (χ4n) is 1.51. The predicted octanol–water partition coefficient (Wildman–Crippen LogP) is 4.02. The molecule has 1 aromatic carbocycles. The molecule has 0 bridgehead atoms. The highest BCUT2D eigenvalue weighted by Crippen LogP contribution is 2.23. The molecule has 0 heterocycles. The second-order valence-electron chi connectivity index (χ2n) is 3.17. The van der Waals surface area contributed by atoms with E-state index in [0.29, 0.717) is 0 Å². The molecule has 13 heavy (non-hydrogen) atoms. The van der Waals surface area contributed by atoms with Crippen molar-refractivity contribution in [1.82, 2.24) is 0 Å². The quantitative estimate of drug-likeness (QED) is 0.682. The molecule has 0 saturated heterocycles. The molecule has 66 valence electrons. The Morgan fingerprint density at radius 3 is 2.46 bits per heavy atom. The maximum absolute atomic E-state index is 2.33. The van der Waals surface area contributed by atoms with E-state index in [1.165, 1.54) is 27.5 Å². The number of allylic oxidation sites excluding steroid dienone is 4. The maximum atomic E-state index is 2.33. The van der Waals surface area contributed by atoms with Crippen LogP contribution in [0.3, 0.4) is 0 Å². The van der Waals surface area contributed by atoms with Crippen LogP contribution < -0.4 is 0 Å². The molecule has 0 aromatic heterocycles. The topological polar surface area (TPSA) is 0 Å². The molecule has 0 saturated carbocycles. The minimum atomic E-state index is 1.18. The molecule has 1 aliphatic carbocycles. The Morgan fingerprint density at radius 1 is 1.08 bits per heavy atom. The van der Waals surface area contributed by atoms with Crippen LogP contribution in [0.1, 0.15) is 18.4 Å². The normalized spacial score (nSPS) is 15.6. The third-order valence-corrected chi connectivity index (χ3v) is 2.95. The number of halogens is 1. The summed E-state index contributed by atoms with van der Waals surface area (Å²) in [6, 6.07) is 8.73. The Kier molecular flexibility index (Phi) is 2.83. The average Bonchev–Trinajstić information content (AvgIpc) is 2.20. The first-order valence-corrected chi connectivity index (χ1v) is 5.56. The summed E-state index contributed by atoms with van der Waals surface area (Å²) in [5.74, 6) is 0. The van der Waals surface area contributed by atoms with E-state index < -0.39 is 0 Å². The Morgan fingerprint density at radius 2 is 1.85 bits per heavy atom. The van der Waals surface area contributed by atoms with Gasteiger partial charge in [0, 0.05) is 3.57 Å². The lowest BCUT2D eigenvalue weighted by molar-refractivity contribution is 1.05. The van der Waals surface area contributed by atoms with E-state index >= 15 is 0 Å². The summed E-state index contributed by atoms with van der Waals surface area (Å²) in [6.45, 7) is 0. The SMILES string of the molecule is Ic1ccc(C2=CC=CCC2)cc1. The van der Waals surface area contributed by atoms with Crippen LogP contribution in [0, 0.1) is 3.57 Å². The van der Waals surface area contributed by atoms with Gasteiger partial charge in [0.15, 0.2) is 0 Å². The minimum absolute atomic E-state index is 1.18. The lowest BCUT2D eigenvalue weighted by atomic mass is 9.98. The van der Waals surface area contributed by atoms with Gasteiger partial charge in [-0.05, 0) is 58.7 Å². The van der Waals surface area contributed by atoms with E-state index in [2.05, 4.69) is 65.1 Å². The van der Waals surface area contributed by atoms with Gasteiger partial charge >= 0.3 is 0 Å². The van der Waals surface area contributed by atoms with Crippen LogP contribution in [0.5, 0.6) is 0 Å². The number of rotatable bonds is 1. The van der Waals surface area contributed by atoms with E-state index in [9.17, 15) is 0 Å². The van der Waals surface area contributed by atoms with Gasteiger partial charge in [0.25, 0.3) is 0 Å². The van der Waals surface area contributed by atoms with Crippen molar-refractivity contribution in [1.29, 1.82) is 0 Å². The summed E-state index contributed by atoms with van der Waals surface area (Å²) in [4.78, 5) is 0. The molecule has 0 atom stereocenters. The molecule has 2 rings (SSSR count). The predicted molar refractivity (Wildman–Crippen MR) is 65.5 cm³/mol. The van der Waals surface area contributed by atoms with Gasteiger partial charge in [-0.1, -0.05) is 30.4 Å². The Bertz CT molecular complexity index is 344. The van der Waals surface area contributed by atoms with Crippen molar-refractivity contribution in [2.45, 2.75) is 12.8 Å². The first-order chi connectivity index (χ1) is 6.36. The van der Waals surface area contributed by atoms with E-state index in [-0.39, 0.29) is 0 Å². The third kappa shape index (κ3) is 2.21. The average molecular weight is 282 g/mol. The second-order valence-corrected chi connectivity index (χ2v) is 4.41. The van der Waals surface area contributed by atoms with Crippen LogP contribution in [0.2, 0.25) is 0 Å². The van der Waals surface area contributed by atoms with E-state index in [1.54, 1.807) is 0 Å². The minimum Gasteiger partial charge on any atom is -0.0842 e. The molecule has 0 fully saturated rings. The Labute approximate surface area is 92.5 Å². The number of hydrogen-bond acceptors (Lipinski definition) is 0. The van der Waals surface area contributed by atoms with Crippen molar-refractivity contribution >= 4 is 28.2 Å². The molecular weight excluding hydrogens is 271 g/mol. The van der Waals surface area contributed by atoms with Crippen molar-refractivity contribution in [3.63, 3.8) is 0 Å². The monoisotopic (exact) mass is 282 g/mol. The lowest BCUT2D eigenvalue weighted by Crippen LogP contribution is -1.87. The molecule has 0 N–H and O–H groups in total. The van der Waals surface area contributed by atoms with Crippen molar-refractivity contribution < 1.29 is 0 Å². The lowest BCUT2D eigenvalue weighted by Gasteiger charge is -2.08. The third-order valence-electron chi connectivity index (χ3n) is 2.23. The highest BCUT2D eigenvalue weighted by Gasteiger charge is 2.01. The molecule has 1 heteroatoms. The zero-order valence-electron chi connectivity index (χ0n) is 7.33. The molecule has 0 amide bonds. The van der Waals surface area contributed by atoms with Crippen molar-refractivity contribution in [3.8, 4) is 0 Å². The largest absolute Gasteiger partial charge is 0.0842 e. The molecule has 0 nitrogen and oxygen atoms in total. The van der Waals surface area contributed by atoms with Crippen molar-refractivity contribution in [3.05, 3.63) is 51.6 Å². The number of benzene rings is 1. The zero-order chi connectivity index (χ0) is 9.10. The smallest absolute Gasteiger partial charge is 0.0130 e. The Hall–Kier alpha value is -0.570. The Balaban J connectivity index is 2.30. The van der Waals surface area contributed by atoms with Crippen LogP contribution in [-0.4, -0.2) is 0 Å². The van der Waals surface area contributed by atoms with Crippen molar-refractivity contribution in [2.24, 2.45) is 0 Å². The van der Waals surface area contributed by atoms with Gasteiger partial charge in [-0.15, -0.1) is 0 Å². The van der Waals surface area contributed by atoms with Gasteiger partial charge in [-0.25, -0.2) is 0 Å². The molecule has 1 aliphatic rings. The summed E-state index contributed by atoms with van der Waals surface area (Å²) < 4.78 is 1.30. The van der Waals surface area contributed by atoms with Crippen LogP contribution in [0.15, 0.2) is 42.5 Å². The van der Waals surface area contributed by atoms with Crippen LogP contribution >= 0.6 is 22.6 Å². The van der Waals surface area contributed by atoms with Crippen LogP contribution in [-0.2, 0) is 0 Å². The fourth-order valence-corrected chi connectivity index (χ4v) is 1.87. The van der Waals surface area contributed by atoms with Gasteiger partial charge in [-0.3, -0.25) is 0 Å². The highest BCUT2D eigenvalue weighted by molar-refractivity contribution is 14.1. The second kappa shape index (κ2) is 4.09. The summed E-state index contributed by atoms with van der Waals surface area (Å²) in [5.41, 5.74) is 2.82. The summed E-state index contributed by atoms with van der Waals surface area (Å²) in [7, 11) is 0.